The van der Waals surface area contributed by atoms with E-state index < -0.39 is 0 Å². The second-order valence-corrected chi connectivity index (χ2v) is 1.87. The Hall–Kier alpha value is -1.46. The summed E-state index contributed by atoms with van der Waals surface area (Å²) >= 11 is 0. The number of hydrogen-bond acceptors (Lipinski definition) is 4. The van der Waals surface area contributed by atoms with Crippen LogP contribution in [0.2, 0.25) is 0 Å². The lowest BCUT2D eigenvalue weighted by molar-refractivity contribution is 0.128. The van der Waals surface area contributed by atoms with Crippen LogP contribution in [0.3, 0.4) is 0 Å². The lowest BCUT2D eigenvalue weighted by Crippen LogP contribution is -2.26. The third-order valence-corrected chi connectivity index (χ3v) is 1.23. The highest BCUT2D eigenvalue weighted by molar-refractivity contribution is 4.89. The molecule has 0 aliphatic heterocycles. The number of hydrogen-bond donors (Lipinski definition) is 0. The maximum atomic E-state index is 11.0. The van der Waals surface area contributed by atoms with E-state index in [1.807, 2.05) is 0 Å². The normalized spacial score (nSPS) is 9.73. The molecule has 0 fully saturated rings. The summed E-state index contributed by atoms with van der Waals surface area (Å²) in [5, 5.41) is 3.72. The maximum absolute atomic E-state index is 11.0. The Morgan fingerprint density at radius 3 is 2.45 bits per heavy atom. The quantitative estimate of drug-likeness (QED) is 0.535. The van der Waals surface area contributed by atoms with Gasteiger partial charge < -0.3 is 9.57 Å². The summed E-state index contributed by atoms with van der Waals surface area (Å²) in [5.41, 5.74) is -0.371. The fourth-order valence-electron chi connectivity index (χ4n) is 0.705. The number of methoxy groups -OCH3 is 1. The van der Waals surface area contributed by atoms with Crippen LogP contribution in [0.25, 0.3) is 0 Å². The van der Waals surface area contributed by atoms with Gasteiger partial charge in [-0.15, -0.1) is 5.10 Å². The molecule has 0 aliphatic rings. The number of ether oxygens (including phenoxy) is 1. The SMILES string of the molecule is COc1nn(C)c(=O)n1OC. The minimum Gasteiger partial charge on any atom is -0.465 e. The highest BCUT2D eigenvalue weighted by Gasteiger charge is 2.10. The van der Waals surface area contributed by atoms with Gasteiger partial charge in [0.05, 0.1) is 7.11 Å². The third kappa shape index (κ3) is 1.06. The highest BCUT2D eigenvalue weighted by Crippen LogP contribution is 1.97. The zero-order valence-corrected chi connectivity index (χ0v) is 6.57. The average Bonchev–Trinajstić information content (AvgIpc) is 2.28. The van der Waals surface area contributed by atoms with Crippen LogP contribution in [-0.4, -0.2) is 28.7 Å². The molecular formula is C5H9N3O3. The van der Waals surface area contributed by atoms with Crippen molar-refractivity contribution in [3.8, 4) is 6.01 Å². The molecule has 0 atom stereocenters. The molecule has 0 bridgehead atoms. The van der Waals surface area contributed by atoms with Crippen LogP contribution in [-0.2, 0) is 7.05 Å². The molecule has 0 saturated heterocycles. The first-order valence-electron chi connectivity index (χ1n) is 2.95. The summed E-state index contributed by atoms with van der Waals surface area (Å²) in [4.78, 5) is 15.7. The first-order valence-corrected chi connectivity index (χ1v) is 2.95. The molecule has 1 rings (SSSR count). The highest BCUT2D eigenvalue weighted by atomic mass is 16.7. The van der Waals surface area contributed by atoms with Crippen molar-refractivity contribution in [1.29, 1.82) is 0 Å². The average molecular weight is 159 g/mol. The Morgan fingerprint density at radius 1 is 1.45 bits per heavy atom. The number of aromatic nitrogens is 3. The summed E-state index contributed by atoms with van der Waals surface area (Å²) in [6.07, 6.45) is 0. The molecule has 11 heavy (non-hydrogen) atoms. The van der Waals surface area contributed by atoms with E-state index in [9.17, 15) is 4.79 Å². The topological polar surface area (TPSA) is 58.3 Å². The van der Waals surface area contributed by atoms with E-state index in [-0.39, 0.29) is 11.7 Å². The smallest absolute Gasteiger partial charge is 0.382 e. The molecule has 1 aromatic heterocycles. The lowest BCUT2D eigenvalue weighted by atomic mass is 11.1. The fourth-order valence-corrected chi connectivity index (χ4v) is 0.705. The molecule has 6 nitrogen and oxygen atoms in total. The van der Waals surface area contributed by atoms with Crippen molar-refractivity contribution >= 4 is 0 Å². The molecular weight excluding hydrogens is 150 g/mol. The molecule has 0 amide bonds. The summed E-state index contributed by atoms with van der Waals surface area (Å²) in [7, 11) is 4.29. The van der Waals surface area contributed by atoms with Crippen LogP contribution in [0.1, 0.15) is 0 Å². The van der Waals surface area contributed by atoms with Gasteiger partial charge >= 0.3 is 11.7 Å². The first-order chi connectivity index (χ1) is 5.20. The summed E-state index contributed by atoms with van der Waals surface area (Å²) in [6, 6.07) is 0.139. The van der Waals surface area contributed by atoms with E-state index in [1.165, 1.54) is 21.3 Å². The molecule has 0 saturated carbocycles. The van der Waals surface area contributed by atoms with Gasteiger partial charge in [-0.05, 0) is 0 Å². The molecule has 0 unspecified atom stereocenters. The first kappa shape index (κ1) is 7.64. The Morgan fingerprint density at radius 2 is 2.09 bits per heavy atom. The van der Waals surface area contributed by atoms with E-state index in [1.54, 1.807) is 0 Å². The zero-order valence-electron chi connectivity index (χ0n) is 6.57. The second-order valence-electron chi connectivity index (χ2n) is 1.87. The summed E-state index contributed by atoms with van der Waals surface area (Å²) < 4.78 is 6.83. The number of rotatable bonds is 2. The molecule has 6 heteroatoms. The monoisotopic (exact) mass is 159 g/mol. The molecule has 62 valence electrons. The van der Waals surface area contributed by atoms with Crippen LogP contribution < -0.4 is 15.3 Å². The van der Waals surface area contributed by atoms with Gasteiger partial charge in [0.1, 0.15) is 7.11 Å². The zero-order chi connectivity index (χ0) is 8.43. The van der Waals surface area contributed by atoms with Gasteiger partial charge in [0, 0.05) is 7.05 Å². The molecule has 0 aromatic carbocycles. The molecule has 1 aromatic rings. The van der Waals surface area contributed by atoms with Crippen molar-refractivity contribution in [3.63, 3.8) is 0 Å². The van der Waals surface area contributed by atoms with Crippen LogP contribution in [0, 0.1) is 0 Å². The van der Waals surface area contributed by atoms with Crippen molar-refractivity contribution in [3.05, 3.63) is 10.5 Å². The minimum atomic E-state index is -0.371. The maximum Gasteiger partial charge on any atom is 0.382 e. The van der Waals surface area contributed by atoms with Crippen LogP contribution in [0.4, 0.5) is 0 Å². The summed E-state index contributed by atoms with van der Waals surface area (Å²) in [6.45, 7) is 0. The van der Waals surface area contributed by atoms with Crippen molar-refractivity contribution in [2.75, 3.05) is 14.2 Å². The Labute approximate surface area is 62.9 Å². The van der Waals surface area contributed by atoms with Crippen molar-refractivity contribution in [2.24, 2.45) is 7.05 Å². The predicted molar refractivity (Wildman–Crippen MR) is 36.5 cm³/mol. The molecule has 0 spiro atoms. The number of nitrogens with zero attached hydrogens (tertiary/aromatic N) is 3. The molecule has 1 heterocycles. The minimum absolute atomic E-state index is 0.139. The van der Waals surface area contributed by atoms with Crippen LogP contribution >= 0.6 is 0 Å². The molecule has 0 N–H and O–H groups in total. The molecule has 0 aliphatic carbocycles. The van der Waals surface area contributed by atoms with Gasteiger partial charge in [0.15, 0.2) is 0 Å². The largest absolute Gasteiger partial charge is 0.465 e. The van der Waals surface area contributed by atoms with Crippen LogP contribution in [0.15, 0.2) is 4.79 Å². The van der Waals surface area contributed by atoms with Gasteiger partial charge in [-0.1, -0.05) is 4.73 Å². The predicted octanol–water partition coefficient (Wildman–Crippen LogP) is -1.35. The molecule has 0 radical (unpaired) electrons. The van der Waals surface area contributed by atoms with E-state index in [0.29, 0.717) is 0 Å². The van der Waals surface area contributed by atoms with E-state index in [2.05, 4.69) is 9.94 Å². The van der Waals surface area contributed by atoms with Crippen LogP contribution in [0.5, 0.6) is 6.01 Å². The van der Waals surface area contributed by atoms with E-state index in [0.717, 1.165) is 9.41 Å². The van der Waals surface area contributed by atoms with Crippen molar-refractivity contribution < 1.29 is 9.57 Å². The van der Waals surface area contributed by atoms with E-state index in [4.69, 9.17) is 4.74 Å². The Balaban J connectivity index is 3.27. The lowest BCUT2D eigenvalue weighted by Gasteiger charge is -1.98. The van der Waals surface area contributed by atoms with Gasteiger partial charge in [-0.25, -0.2) is 9.48 Å². The Kier molecular flexibility index (Phi) is 1.84. The van der Waals surface area contributed by atoms with Crippen molar-refractivity contribution in [1.82, 2.24) is 14.5 Å². The third-order valence-electron chi connectivity index (χ3n) is 1.23. The van der Waals surface area contributed by atoms with Gasteiger partial charge in [0.25, 0.3) is 0 Å². The Bertz CT molecular complexity index is 300. The van der Waals surface area contributed by atoms with Gasteiger partial charge in [-0.2, -0.15) is 0 Å². The van der Waals surface area contributed by atoms with Crippen molar-refractivity contribution in [2.45, 2.75) is 0 Å². The second kappa shape index (κ2) is 2.65. The standard InChI is InChI=1S/C5H9N3O3/c1-7-5(9)8(11-3)4(6-7)10-2/h1-3H3. The van der Waals surface area contributed by atoms with Gasteiger partial charge in [-0.3, -0.25) is 0 Å². The summed E-state index contributed by atoms with van der Waals surface area (Å²) in [5.74, 6) is 0. The van der Waals surface area contributed by atoms with Gasteiger partial charge in [0.2, 0.25) is 0 Å². The van der Waals surface area contributed by atoms with E-state index >= 15 is 0 Å². The fraction of sp³-hybridized carbons (Fsp3) is 0.600. The number of aryl methyl sites for hydroxylation is 1.